The van der Waals surface area contributed by atoms with E-state index < -0.39 is 0 Å². The lowest BCUT2D eigenvalue weighted by atomic mass is 10.3. The van der Waals surface area contributed by atoms with Gasteiger partial charge in [-0.3, -0.25) is 0 Å². The lowest BCUT2D eigenvalue weighted by Gasteiger charge is -2.04. The number of fused-ring (bicyclic) bond motifs is 1. The highest BCUT2D eigenvalue weighted by molar-refractivity contribution is 9.10. The van der Waals surface area contributed by atoms with Gasteiger partial charge in [0.05, 0.1) is 15.9 Å². The quantitative estimate of drug-likeness (QED) is 0.595. The standard InChI is InChI=1S/C13H7Br2FN2S/c14-7-1-3-11-12(5-7)19-13(18-11)17-10-4-2-8(16)6-9(10)15/h1-6H,(H,17,18). The summed E-state index contributed by atoms with van der Waals surface area (Å²) in [5.41, 5.74) is 1.73. The summed E-state index contributed by atoms with van der Waals surface area (Å²) in [5, 5.41) is 3.97. The van der Waals surface area contributed by atoms with Gasteiger partial charge in [-0.2, -0.15) is 0 Å². The van der Waals surface area contributed by atoms with Crippen LogP contribution in [-0.2, 0) is 0 Å². The number of thiazole rings is 1. The van der Waals surface area contributed by atoms with Crippen LogP contribution in [-0.4, -0.2) is 4.98 Å². The van der Waals surface area contributed by atoms with Crippen molar-refractivity contribution in [2.45, 2.75) is 0 Å². The molecule has 0 bridgehead atoms. The Morgan fingerprint density at radius 1 is 1.11 bits per heavy atom. The molecule has 0 spiro atoms. The molecule has 19 heavy (non-hydrogen) atoms. The fourth-order valence-electron chi connectivity index (χ4n) is 1.66. The van der Waals surface area contributed by atoms with Crippen molar-refractivity contribution < 1.29 is 4.39 Å². The Labute approximate surface area is 129 Å². The number of rotatable bonds is 2. The smallest absolute Gasteiger partial charge is 0.188 e. The minimum Gasteiger partial charge on any atom is -0.331 e. The molecule has 0 unspecified atom stereocenters. The first kappa shape index (κ1) is 13.0. The van der Waals surface area contributed by atoms with E-state index in [-0.39, 0.29) is 5.82 Å². The molecule has 0 amide bonds. The Hall–Kier alpha value is -0.980. The van der Waals surface area contributed by atoms with Gasteiger partial charge in [0.25, 0.3) is 0 Å². The summed E-state index contributed by atoms with van der Waals surface area (Å²) in [5.74, 6) is -0.273. The number of benzene rings is 2. The SMILES string of the molecule is Fc1ccc(Nc2nc3ccc(Br)cc3s2)c(Br)c1. The van der Waals surface area contributed by atoms with Crippen molar-refractivity contribution in [2.75, 3.05) is 5.32 Å². The van der Waals surface area contributed by atoms with E-state index in [1.165, 1.54) is 12.1 Å². The second-order valence-electron chi connectivity index (χ2n) is 3.88. The Kier molecular flexibility index (Phi) is 3.56. The van der Waals surface area contributed by atoms with Gasteiger partial charge in [0.15, 0.2) is 5.13 Å². The molecule has 0 atom stereocenters. The maximum Gasteiger partial charge on any atom is 0.188 e. The van der Waals surface area contributed by atoms with E-state index in [0.29, 0.717) is 4.47 Å². The number of aromatic nitrogens is 1. The Morgan fingerprint density at radius 2 is 1.95 bits per heavy atom. The van der Waals surface area contributed by atoms with Gasteiger partial charge in [0, 0.05) is 8.95 Å². The third-order valence-corrected chi connectivity index (χ3v) is 4.61. The van der Waals surface area contributed by atoms with Crippen LogP contribution in [0.5, 0.6) is 0 Å². The fourth-order valence-corrected chi connectivity index (χ4v) is 3.54. The van der Waals surface area contributed by atoms with Crippen LogP contribution in [0.1, 0.15) is 0 Å². The second kappa shape index (κ2) is 5.19. The van der Waals surface area contributed by atoms with Crippen molar-refractivity contribution >= 4 is 64.2 Å². The van der Waals surface area contributed by atoms with Gasteiger partial charge in [-0.25, -0.2) is 9.37 Å². The average molecular weight is 402 g/mol. The van der Waals surface area contributed by atoms with Crippen LogP contribution in [0.3, 0.4) is 0 Å². The Balaban J connectivity index is 1.96. The lowest BCUT2D eigenvalue weighted by molar-refractivity contribution is 0.627. The minimum absolute atomic E-state index is 0.273. The van der Waals surface area contributed by atoms with Crippen LogP contribution >= 0.6 is 43.2 Å². The van der Waals surface area contributed by atoms with Gasteiger partial charge in [-0.05, 0) is 52.3 Å². The summed E-state index contributed by atoms with van der Waals surface area (Å²) in [6.07, 6.45) is 0. The van der Waals surface area contributed by atoms with Crippen LogP contribution in [0.4, 0.5) is 15.2 Å². The van der Waals surface area contributed by atoms with E-state index in [2.05, 4.69) is 42.2 Å². The number of hydrogen-bond donors (Lipinski definition) is 1. The van der Waals surface area contributed by atoms with Gasteiger partial charge in [0.2, 0.25) is 0 Å². The van der Waals surface area contributed by atoms with E-state index in [1.807, 2.05) is 18.2 Å². The summed E-state index contributed by atoms with van der Waals surface area (Å²) < 4.78 is 15.8. The molecule has 0 fully saturated rings. The van der Waals surface area contributed by atoms with E-state index in [4.69, 9.17) is 0 Å². The lowest BCUT2D eigenvalue weighted by Crippen LogP contribution is -1.90. The largest absolute Gasteiger partial charge is 0.331 e. The van der Waals surface area contributed by atoms with Gasteiger partial charge < -0.3 is 5.32 Å². The summed E-state index contributed by atoms with van der Waals surface area (Å²) in [4.78, 5) is 4.48. The molecule has 2 nitrogen and oxygen atoms in total. The van der Waals surface area contributed by atoms with Crippen molar-refractivity contribution in [3.63, 3.8) is 0 Å². The molecule has 96 valence electrons. The van der Waals surface area contributed by atoms with E-state index >= 15 is 0 Å². The molecule has 3 aromatic rings. The topological polar surface area (TPSA) is 24.9 Å². The van der Waals surface area contributed by atoms with Crippen molar-refractivity contribution in [3.8, 4) is 0 Å². The van der Waals surface area contributed by atoms with Crippen LogP contribution in [0.2, 0.25) is 0 Å². The molecule has 0 saturated heterocycles. The third-order valence-electron chi connectivity index (χ3n) is 2.52. The molecule has 6 heteroatoms. The van der Waals surface area contributed by atoms with Crippen molar-refractivity contribution in [1.29, 1.82) is 0 Å². The zero-order chi connectivity index (χ0) is 13.4. The number of hydrogen-bond acceptors (Lipinski definition) is 3. The molecule has 1 aromatic heterocycles. The summed E-state index contributed by atoms with van der Waals surface area (Å²) in [6.45, 7) is 0. The maximum absolute atomic E-state index is 13.0. The first-order chi connectivity index (χ1) is 9.11. The number of anilines is 2. The van der Waals surface area contributed by atoms with E-state index in [9.17, 15) is 4.39 Å². The summed E-state index contributed by atoms with van der Waals surface area (Å²) in [7, 11) is 0. The van der Waals surface area contributed by atoms with Crippen LogP contribution in [0.25, 0.3) is 10.2 Å². The van der Waals surface area contributed by atoms with E-state index in [1.54, 1.807) is 17.4 Å². The highest BCUT2D eigenvalue weighted by Gasteiger charge is 2.07. The molecule has 2 aromatic carbocycles. The van der Waals surface area contributed by atoms with Crippen molar-refractivity contribution in [3.05, 3.63) is 51.2 Å². The number of nitrogens with zero attached hydrogens (tertiary/aromatic N) is 1. The first-order valence-corrected chi connectivity index (χ1v) is 7.80. The minimum atomic E-state index is -0.273. The molecular formula is C13H7Br2FN2S. The van der Waals surface area contributed by atoms with Crippen LogP contribution in [0, 0.1) is 5.82 Å². The molecule has 0 saturated carbocycles. The summed E-state index contributed by atoms with van der Waals surface area (Å²) in [6, 6.07) is 10.5. The zero-order valence-corrected chi connectivity index (χ0v) is 13.4. The van der Waals surface area contributed by atoms with Crippen LogP contribution < -0.4 is 5.32 Å². The first-order valence-electron chi connectivity index (χ1n) is 5.40. The molecule has 0 aliphatic rings. The van der Waals surface area contributed by atoms with Gasteiger partial charge >= 0.3 is 0 Å². The predicted octanol–water partition coefficient (Wildman–Crippen LogP) is 5.70. The van der Waals surface area contributed by atoms with E-state index in [0.717, 1.165) is 25.5 Å². The molecule has 1 heterocycles. The third kappa shape index (κ3) is 2.80. The summed E-state index contributed by atoms with van der Waals surface area (Å²) >= 11 is 8.32. The Morgan fingerprint density at radius 3 is 2.74 bits per heavy atom. The molecule has 1 N–H and O–H groups in total. The zero-order valence-electron chi connectivity index (χ0n) is 9.45. The van der Waals surface area contributed by atoms with Gasteiger partial charge in [-0.15, -0.1) is 0 Å². The maximum atomic E-state index is 13.0. The van der Waals surface area contributed by atoms with Gasteiger partial charge in [-0.1, -0.05) is 27.3 Å². The second-order valence-corrected chi connectivity index (χ2v) is 6.68. The van der Waals surface area contributed by atoms with Crippen LogP contribution in [0.15, 0.2) is 45.3 Å². The van der Waals surface area contributed by atoms with Crippen molar-refractivity contribution in [2.24, 2.45) is 0 Å². The molecular weight excluding hydrogens is 395 g/mol. The molecule has 0 aliphatic heterocycles. The predicted molar refractivity (Wildman–Crippen MR) is 84.7 cm³/mol. The molecule has 0 aliphatic carbocycles. The number of halogens is 3. The Bertz CT molecular complexity index is 757. The fraction of sp³-hybridized carbons (Fsp3) is 0. The monoisotopic (exact) mass is 400 g/mol. The highest BCUT2D eigenvalue weighted by atomic mass is 79.9. The number of nitrogens with one attached hydrogen (secondary N) is 1. The van der Waals surface area contributed by atoms with Crippen molar-refractivity contribution in [1.82, 2.24) is 4.98 Å². The molecule has 0 radical (unpaired) electrons. The molecule has 3 rings (SSSR count). The van der Waals surface area contributed by atoms with Gasteiger partial charge in [0.1, 0.15) is 5.82 Å². The average Bonchev–Trinajstić information content (AvgIpc) is 2.74. The normalized spacial score (nSPS) is 10.9. The highest BCUT2D eigenvalue weighted by Crippen LogP contribution is 2.32.